The summed E-state index contributed by atoms with van der Waals surface area (Å²) in [5, 5.41) is 10.2. The summed E-state index contributed by atoms with van der Waals surface area (Å²) < 4.78 is 12.5. The Hall–Kier alpha value is -3.71. The van der Waals surface area contributed by atoms with Gasteiger partial charge in [-0.25, -0.2) is 0 Å². The van der Waals surface area contributed by atoms with E-state index in [1.54, 1.807) is 24.3 Å². The first-order valence-electron chi connectivity index (χ1n) is 10.8. The zero-order chi connectivity index (χ0) is 26.5. The van der Waals surface area contributed by atoms with Crippen LogP contribution < -0.4 is 9.47 Å². The number of hydrogen-bond acceptors (Lipinski definition) is 8. The van der Waals surface area contributed by atoms with Gasteiger partial charge in [-0.3, -0.25) is 29.4 Å². The second-order valence-corrected chi connectivity index (χ2v) is 10.1. The molecule has 3 aromatic carbocycles. The van der Waals surface area contributed by atoms with E-state index in [-0.39, 0.29) is 16.2 Å². The lowest BCUT2D eigenvalue weighted by Crippen LogP contribution is -2.33. The fourth-order valence-electron chi connectivity index (χ4n) is 3.43. The molecule has 188 valence electrons. The van der Waals surface area contributed by atoms with Crippen molar-refractivity contribution in [2.45, 2.75) is 6.61 Å². The molecule has 11 heteroatoms. The smallest absolute Gasteiger partial charge is 0.293 e. The van der Waals surface area contributed by atoms with Crippen LogP contribution in [0.3, 0.4) is 0 Å². The number of nitro benzene ring substituents is 1. The molecule has 1 heterocycles. The first-order valence-corrected chi connectivity index (χ1v) is 12.7. The number of nitro groups is 1. The van der Waals surface area contributed by atoms with Crippen LogP contribution in [-0.4, -0.2) is 40.4 Å². The SMILES string of the molecule is COc1cc(/C=C2\SC(=O)N(CC(=O)c3ccc([N+](=O)[O-])cc3)C2=O)ccc1OCc1ccc(I)cc1. The molecule has 2 amide bonds. The van der Waals surface area contributed by atoms with Crippen molar-refractivity contribution >= 4 is 63.0 Å². The number of amides is 2. The molecule has 9 nitrogen and oxygen atoms in total. The summed E-state index contributed by atoms with van der Waals surface area (Å²) in [5.74, 6) is -0.107. The standard InChI is InChI=1S/C26H19IN2O7S/c1-35-23-12-17(4-11-22(23)36-15-16-2-7-19(27)8-3-16)13-24-25(31)28(26(32)37-24)14-21(30)18-5-9-20(10-6-18)29(33)34/h2-13H,14-15H2,1H3/b24-13-. The maximum Gasteiger partial charge on any atom is 0.293 e. The minimum atomic E-state index is -0.594. The van der Waals surface area contributed by atoms with Gasteiger partial charge in [-0.05, 0) is 88.0 Å². The molecule has 1 aliphatic heterocycles. The second-order valence-electron chi connectivity index (χ2n) is 7.82. The number of halogens is 1. The molecule has 1 saturated heterocycles. The molecular weight excluding hydrogens is 611 g/mol. The van der Waals surface area contributed by atoms with Crippen LogP contribution in [0, 0.1) is 13.7 Å². The summed E-state index contributed by atoms with van der Waals surface area (Å²) in [6.45, 7) is -0.108. The van der Waals surface area contributed by atoms with E-state index in [0.29, 0.717) is 23.7 Å². The number of non-ortho nitro benzene ring substituents is 1. The third-order valence-corrected chi connectivity index (χ3v) is 7.00. The van der Waals surface area contributed by atoms with Crippen molar-refractivity contribution in [1.29, 1.82) is 0 Å². The van der Waals surface area contributed by atoms with Crippen LogP contribution in [0.15, 0.2) is 71.6 Å². The van der Waals surface area contributed by atoms with Gasteiger partial charge in [0, 0.05) is 21.3 Å². The van der Waals surface area contributed by atoms with Crippen LogP contribution in [0.2, 0.25) is 0 Å². The summed E-state index contributed by atoms with van der Waals surface area (Å²) in [4.78, 5) is 49.1. The highest BCUT2D eigenvalue weighted by molar-refractivity contribution is 14.1. The molecule has 3 aromatic rings. The molecule has 0 bridgehead atoms. The van der Waals surface area contributed by atoms with Gasteiger partial charge in [0.1, 0.15) is 6.61 Å². The molecule has 37 heavy (non-hydrogen) atoms. The summed E-state index contributed by atoms with van der Waals surface area (Å²) >= 11 is 2.96. The van der Waals surface area contributed by atoms with Crippen molar-refractivity contribution in [3.05, 3.63) is 102 Å². The van der Waals surface area contributed by atoms with Gasteiger partial charge in [-0.2, -0.15) is 0 Å². The minimum Gasteiger partial charge on any atom is -0.493 e. The number of imide groups is 1. The lowest BCUT2D eigenvalue weighted by atomic mass is 10.1. The van der Waals surface area contributed by atoms with Crippen molar-refractivity contribution in [3.63, 3.8) is 0 Å². The maximum atomic E-state index is 12.9. The van der Waals surface area contributed by atoms with E-state index in [4.69, 9.17) is 9.47 Å². The van der Waals surface area contributed by atoms with E-state index in [0.717, 1.165) is 25.8 Å². The Kier molecular flexibility index (Phi) is 8.24. The van der Waals surface area contributed by atoms with E-state index < -0.39 is 28.4 Å². The van der Waals surface area contributed by atoms with Gasteiger partial charge in [0.15, 0.2) is 17.3 Å². The predicted molar refractivity (Wildman–Crippen MR) is 147 cm³/mol. The first-order chi connectivity index (χ1) is 17.7. The number of carbonyl (C=O) groups excluding carboxylic acids is 3. The molecule has 4 rings (SSSR count). The first kappa shape index (κ1) is 26.4. The van der Waals surface area contributed by atoms with Gasteiger partial charge < -0.3 is 9.47 Å². The van der Waals surface area contributed by atoms with Gasteiger partial charge in [0.2, 0.25) is 0 Å². The summed E-state index contributed by atoms with van der Waals surface area (Å²) in [6.07, 6.45) is 1.55. The summed E-state index contributed by atoms with van der Waals surface area (Å²) in [5.41, 5.74) is 1.63. The third kappa shape index (κ3) is 6.35. The van der Waals surface area contributed by atoms with Crippen molar-refractivity contribution in [2.75, 3.05) is 13.7 Å². The van der Waals surface area contributed by atoms with Crippen molar-refractivity contribution in [1.82, 2.24) is 4.90 Å². The fourth-order valence-corrected chi connectivity index (χ4v) is 4.62. The molecule has 0 radical (unpaired) electrons. The zero-order valence-electron chi connectivity index (χ0n) is 19.4. The van der Waals surface area contributed by atoms with Crippen molar-refractivity contribution in [3.8, 4) is 11.5 Å². The molecule has 1 aliphatic rings. The molecule has 1 fully saturated rings. The molecule has 0 spiro atoms. The Labute approximate surface area is 229 Å². The Morgan fingerprint density at radius 3 is 2.41 bits per heavy atom. The van der Waals surface area contributed by atoms with Crippen LogP contribution in [0.25, 0.3) is 6.08 Å². The molecule has 0 atom stereocenters. The third-order valence-electron chi connectivity index (χ3n) is 5.37. The highest BCUT2D eigenvalue weighted by Crippen LogP contribution is 2.35. The van der Waals surface area contributed by atoms with Crippen LogP contribution in [0.5, 0.6) is 11.5 Å². The number of carbonyl (C=O) groups is 3. The topological polar surface area (TPSA) is 116 Å². The second kappa shape index (κ2) is 11.6. The van der Waals surface area contributed by atoms with E-state index in [1.165, 1.54) is 31.4 Å². The van der Waals surface area contributed by atoms with Crippen LogP contribution in [0.4, 0.5) is 10.5 Å². The van der Waals surface area contributed by atoms with Gasteiger partial charge in [0.25, 0.3) is 16.8 Å². The van der Waals surface area contributed by atoms with E-state index in [1.807, 2.05) is 24.3 Å². The van der Waals surface area contributed by atoms with Crippen LogP contribution in [0.1, 0.15) is 21.5 Å². The van der Waals surface area contributed by atoms with E-state index >= 15 is 0 Å². The molecule has 0 aliphatic carbocycles. The highest BCUT2D eigenvalue weighted by atomic mass is 127. The molecule has 0 N–H and O–H groups in total. The van der Waals surface area contributed by atoms with Crippen molar-refractivity contribution < 1.29 is 28.8 Å². The number of rotatable bonds is 9. The average molecular weight is 630 g/mol. The van der Waals surface area contributed by atoms with Crippen LogP contribution in [-0.2, 0) is 11.4 Å². The number of hydrogen-bond donors (Lipinski definition) is 0. The van der Waals surface area contributed by atoms with E-state index in [2.05, 4.69) is 22.6 Å². The quantitative estimate of drug-likeness (QED) is 0.0972. The maximum absolute atomic E-state index is 12.9. The lowest BCUT2D eigenvalue weighted by Gasteiger charge is -2.12. The van der Waals surface area contributed by atoms with Crippen LogP contribution >= 0.6 is 34.4 Å². The number of ketones is 1. The van der Waals surface area contributed by atoms with Gasteiger partial charge >= 0.3 is 0 Å². The van der Waals surface area contributed by atoms with Gasteiger partial charge in [-0.1, -0.05) is 18.2 Å². The zero-order valence-corrected chi connectivity index (χ0v) is 22.4. The summed E-state index contributed by atoms with van der Waals surface area (Å²) in [7, 11) is 1.51. The Balaban J connectivity index is 1.44. The van der Waals surface area contributed by atoms with Crippen molar-refractivity contribution in [2.24, 2.45) is 0 Å². The normalized spacial score (nSPS) is 14.2. The Morgan fingerprint density at radius 2 is 1.76 bits per heavy atom. The molecular formula is C26H19IN2O7S. The Morgan fingerprint density at radius 1 is 1.05 bits per heavy atom. The van der Waals surface area contributed by atoms with Gasteiger partial charge in [0.05, 0.1) is 23.5 Å². The number of thioether (sulfide) groups is 1. The number of ether oxygens (including phenoxy) is 2. The number of methoxy groups -OCH3 is 1. The number of benzene rings is 3. The summed E-state index contributed by atoms with van der Waals surface area (Å²) in [6, 6.07) is 18.1. The Bertz CT molecular complexity index is 1410. The fraction of sp³-hybridized carbons (Fsp3) is 0.115. The average Bonchev–Trinajstić information content (AvgIpc) is 3.15. The minimum absolute atomic E-state index is 0.160. The number of nitrogens with zero attached hydrogens (tertiary/aromatic N) is 2. The number of Topliss-reactive ketones (excluding diaryl/α,β-unsaturated/α-hetero) is 1. The molecule has 0 aromatic heterocycles. The highest BCUT2D eigenvalue weighted by Gasteiger charge is 2.36. The molecule has 0 unspecified atom stereocenters. The van der Waals surface area contributed by atoms with E-state index in [9.17, 15) is 24.5 Å². The monoisotopic (exact) mass is 630 g/mol. The predicted octanol–water partition coefficient (Wildman–Crippen LogP) is 5.71. The van der Waals surface area contributed by atoms with Gasteiger partial charge in [-0.15, -0.1) is 0 Å². The lowest BCUT2D eigenvalue weighted by molar-refractivity contribution is -0.384. The largest absolute Gasteiger partial charge is 0.493 e. The molecule has 0 saturated carbocycles.